The van der Waals surface area contributed by atoms with E-state index in [0.29, 0.717) is 19.3 Å². The van der Waals surface area contributed by atoms with Crippen LogP contribution in [0.15, 0.2) is 97.2 Å². The second kappa shape index (κ2) is 61.9. The minimum atomic E-state index is -0.782. The zero-order valence-corrected chi connectivity index (χ0v) is 48.6. The van der Waals surface area contributed by atoms with Gasteiger partial charge in [0, 0.05) is 19.3 Å². The zero-order valence-electron chi connectivity index (χ0n) is 48.6. The Morgan fingerprint density at radius 3 is 0.824 bits per heavy atom. The molecule has 0 rings (SSSR count). The number of hydrogen-bond donors (Lipinski definition) is 0. The Balaban J connectivity index is 4.13. The summed E-state index contributed by atoms with van der Waals surface area (Å²) in [6.45, 7) is 6.46. The lowest BCUT2D eigenvalue weighted by Crippen LogP contribution is -2.30. The van der Waals surface area contributed by atoms with Crippen LogP contribution in [0.25, 0.3) is 0 Å². The molecule has 6 heteroatoms. The molecule has 0 fully saturated rings. The highest BCUT2D eigenvalue weighted by Crippen LogP contribution is 2.16. The van der Waals surface area contributed by atoms with Crippen LogP contribution in [0.5, 0.6) is 0 Å². The van der Waals surface area contributed by atoms with Gasteiger partial charge in [-0.3, -0.25) is 14.4 Å². The van der Waals surface area contributed by atoms with Crippen LogP contribution in [0.4, 0.5) is 0 Å². The van der Waals surface area contributed by atoms with Gasteiger partial charge in [0.05, 0.1) is 0 Å². The number of ether oxygens (including phenoxy) is 3. The predicted octanol–water partition coefficient (Wildman–Crippen LogP) is 21.3. The van der Waals surface area contributed by atoms with Crippen LogP contribution < -0.4 is 0 Å². The molecule has 0 aromatic rings. The van der Waals surface area contributed by atoms with Gasteiger partial charge in [-0.05, 0) is 103 Å². The Hall–Kier alpha value is -3.67. The number of esters is 3. The Morgan fingerprint density at radius 2 is 0.527 bits per heavy atom. The highest BCUT2D eigenvalue weighted by molar-refractivity contribution is 5.71. The molecule has 0 aliphatic carbocycles. The first-order valence-electron chi connectivity index (χ1n) is 31.2. The lowest BCUT2D eigenvalue weighted by Gasteiger charge is -2.18. The first-order chi connectivity index (χ1) is 36.5. The van der Waals surface area contributed by atoms with E-state index < -0.39 is 6.10 Å². The van der Waals surface area contributed by atoms with E-state index >= 15 is 0 Å². The van der Waals surface area contributed by atoms with Crippen LogP contribution >= 0.6 is 0 Å². The molecule has 0 aliphatic heterocycles. The molecule has 0 saturated heterocycles. The Bertz CT molecular complexity index is 1460. The van der Waals surface area contributed by atoms with Gasteiger partial charge in [-0.1, -0.05) is 272 Å². The Morgan fingerprint density at radius 1 is 0.284 bits per heavy atom. The molecule has 0 N–H and O–H groups in total. The predicted molar refractivity (Wildman–Crippen MR) is 320 cm³/mol. The fourth-order valence-electron chi connectivity index (χ4n) is 8.65. The molecule has 1 atom stereocenters. The summed E-state index contributed by atoms with van der Waals surface area (Å²) in [5.41, 5.74) is 0. The van der Waals surface area contributed by atoms with Crippen molar-refractivity contribution in [2.24, 2.45) is 0 Å². The van der Waals surface area contributed by atoms with E-state index in [1.54, 1.807) is 0 Å². The van der Waals surface area contributed by atoms with Crippen molar-refractivity contribution >= 4 is 17.9 Å². The molecule has 0 aromatic heterocycles. The van der Waals surface area contributed by atoms with Crippen LogP contribution in [0.1, 0.15) is 297 Å². The number of allylic oxidation sites excluding steroid dienone is 16. The molecule has 0 aromatic carbocycles. The number of carbonyl (C=O) groups is 3. The molecule has 1 unspecified atom stereocenters. The van der Waals surface area contributed by atoms with Crippen molar-refractivity contribution in [3.63, 3.8) is 0 Å². The monoisotopic (exact) mass is 1030 g/mol. The average Bonchev–Trinajstić information content (AvgIpc) is 3.40. The summed E-state index contributed by atoms with van der Waals surface area (Å²) >= 11 is 0. The van der Waals surface area contributed by atoms with E-state index in [1.165, 1.54) is 148 Å². The van der Waals surface area contributed by atoms with Crippen molar-refractivity contribution in [3.05, 3.63) is 97.2 Å². The normalized spacial score (nSPS) is 12.7. The highest BCUT2D eigenvalue weighted by Gasteiger charge is 2.19. The van der Waals surface area contributed by atoms with E-state index in [2.05, 4.69) is 118 Å². The third-order valence-corrected chi connectivity index (χ3v) is 13.3. The Labute approximate surface area is 457 Å². The summed E-state index contributed by atoms with van der Waals surface area (Å²) in [5.74, 6) is -0.899. The van der Waals surface area contributed by atoms with E-state index in [-0.39, 0.29) is 31.1 Å². The fraction of sp³-hybridized carbons (Fsp3) is 0.721. The second-order valence-electron chi connectivity index (χ2n) is 20.6. The van der Waals surface area contributed by atoms with Gasteiger partial charge in [-0.2, -0.15) is 0 Å². The van der Waals surface area contributed by atoms with E-state index in [4.69, 9.17) is 14.2 Å². The van der Waals surface area contributed by atoms with Crippen molar-refractivity contribution in [2.75, 3.05) is 13.2 Å². The quantitative estimate of drug-likeness (QED) is 0.0261. The standard InChI is InChI=1S/C68H116O6/c1-4-7-10-13-16-18-20-22-24-26-28-30-32-33-34-35-37-38-40-42-44-46-48-50-52-55-58-61-67(70)73-64-65(63-72-66(69)60-57-54-15-12-9-6-3)74-68(71)62-59-56-53-51-49-47-45-43-41-39-36-31-29-27-25-23-21-19-17-14-11-8-5-2/h8,11,17,19-20,22-23,25-26,28-29,31-33,39,41,65H,4-7,9-10,12-16,18,21,24,27,30,34-38,40,42-64H2,1-3H3/b11-8-,19-17-,22-20-,25-23-,28-26-,31-29-,33-32-,41-39-. The lowest BCUT2D eigenvalue weighted by atomic mass is 10.0. The van der Waals surface area contributed by atoms with Crippen LogP contribution in [0.3, 0.4) is 0 Å². The highest BCUT2D eigenvalue weighted by atomic mass is 16.6. The van der Waals surface area contributed by atoms with Gasteiger partial charge in [0.1, 0.15) is 13.2 Å². The van der Waals surface area contributed by atoms with Crippen molar-refractivity contribution in [1.29, 1.82) is 0 Å². The van der Waals surface area contributed by atoms with E-state index in [9.17, 15) is 14.4 Å². The maximum absolute atomic E-state index is 12.8. The van der Waals surface area contributed by atoms with Gasteiger partial charge in [-0.15, -0.1) is 0 Å². The van der Waals surface area contributed by atoms with Gasteiger partial charge >= 0.3 is 17.9 Å². The van der Waals surface area contributed by atoms with Crippen molar-refractivity contribution in [2.45, 2.75) is 303 Å². The molecule has 0 aliphatic rings. The molecule has 0 bridgehead atoms. The van der Waals surface area contributed by atoms with Gasteiger partial charge in [-0.25, -0.2) is 0 Å². The Kier molecular flexibility index (Phi) is 58.8. The van der Waals surface area contributed by atoms with Crippen LogP contribution in [-0.4, -0.2) is 37.2 Å². The smallest absolute Gasteiger partial charge is 0.306 e. The third-order valence-electron chi connectivity index (χ3n) is 13.3. The number of rotatable bonds is 56. The van der Waals surface area contributed by atoms with Crippen LogP contribution in [-0.2, 0) is 28.6 Å². The second-order valence-corrected chi connectivity index (χ2v) is 20.6. The summed E-state index contributed by atoms with van der Waals surface area (Å²) in [6, 6.07) is 0. The van der Waals surface area contributed by atoms with Crippen molar-refractivity contribution in [3.8, 4) is 0 Å². The minimum Gasteiger partial charge on any atom is -0.462 e. The molecule has 6 nitrogen and oxygen atoms in total. The maximum atomic E-state index is 12.8. The first-order valence-corrected chi connectivity index (χ1v) is 31.2. The lowest BCUT2D eigenvalue weighted by molar-refractivity contribution is -0.167. The van der Waals surface area contributed by atoms with E-state index in [1.807, 2.05) is 0 Å². The summed E-state index contributed by atoms with van der Waals surface area (Å²) in [5, 5.41) is 0. The molecule has 0 amide bonds. The summed E-state index contributed by atoms with van der Waals surface area (Å²) < 4.78 is 16.8. The molecule has 0 heterocycles. The number of hydrogen-bond acceptors (Lipinski definition) is 6. The number of carbonyl (C=O) groups excluding carboxylic acids is 3. The topological polar surface area (TPSA) is 78.9 Å². The fourth-order valence-corrected chi connectivity index (χ4v) is 8.65. The largest absolute Gasteiger partial charge is 0.462 e. The zero-order chi connectivity index (χ0) is 53.6. The number of unbranched alkanes of at least 4 members (excludes halogenated alkanes) is 29. The van der Waals surface area contributed by atoms with Gasteiger partial charge in [0.2, 0.25) is 0 Å². The molecule has 424 valence electrons. The molecule has 0 spiro atoms. The summed E-state index contributed by atoms with van der Waals surface area (Å²) in [7, 11) is 0. The molecule has 0 radical (unpaired) electrons. The first kappa shape index (κ1) is 70.3. The van der Waals surface area contributed by atoms with Crippen LogP contribution in [0.2, 0.25) is 0 Å². The minimum absolute atomic E-state index is 0.0821. The average molecular weight is 1030 g/mol. The SMILES string of the molecule is CC/C=C\C/C=C\C/C=C\C/C=C\C/C=C\CCCCCCCCCC(=O)OC(COC(=O)CCCCCCCC)COC(=O)CCCCCCCCCCCCCC/C=C\C/C=C\C/C=C\CCCCCCC. The maximum Gasteiger partial charge on any atom is 0.306 e. The summed E-state index contributed by atoms with van der Waals surface area (Å²) in [6.07, 6.45) is 83.0. The molecular formula is C68H116O6. The molecular weight excluding hydrogens is 913 g/mol. The van der Waals surface area contributed by atoms with Gasteiger partial charge in [0.25, 0.3) is 0 Å². The van der Waals surface area contributed by atoms with Crippen molar-refractivity contribution < 1.29 is 28.6 Å². The van der Waals surface area contributed by atoms with E-state index in [0.717, 1.165) is 109 Å². The molecule has 0 saturated carbocycles. The summed E-state index contributed by atoms with van der Waals surface area (Å²) in [4.78, 5) is 38.0. The molecule has 74 heavy (non-hydrogen) atoms. The van der Waals surface area contributed by atoms with Crippen LogP contribution in [0, 0.1) is 0 Å². The third kappa shape index (κ3) is 59.2. The van der Waals surface area contributed by atoms with Crippen molar-refractivity contribution in [1.82, 2.24) is 0 Å². The van der Waals surface area contributed by atoms with Gasteiger partial charge < -0.3 is 14.2 Å². The van der Waals surface area contributed by atoms with Gasteiger partial charge in [0.15, 0.2) is 6.10 Å².